The molecule has 0 aromatic heterocycles. The van der Waals surface area contributed by atoms with E-state index in [1.54, 1.807) is 18.2 Å². The van der Waals surface area contributed by atoms with Gasteiger partial charge in [-0.05, 0) is 68.6 Å². The van der Waals surface area contributed by atoms with E-state index < -0.39 is 0 Å². The SMILES string of the molecule is Cl.NC1C2CCCC1CC(C(=O)Nc1ccc(Cl)cc1C(=O)N1CCCC1)C2. The summed E-state index contributed by atoms with van der Waals surface area (Å²) < 4.78 is 0. The summed E-state index contributed by atoms with van der Waals surface area (Å²) in [6.07, 6.45) is 7.24. The molecule has 28 heavy (non-hydrogen) atoms. The number of halogens is 2. The van der Waals surface area contributed by atoms with Crippen LogP contribution >= 0.6 is 24.0 Å². The number of benzene rings is 1. The third-order valence-electron chi connectivity index (χ3n) is 6.65. The van der Waals surface area contributed by atoms with Crippen molar-refractivity contribution >= 4 is 41.5 Å². The fourth-order valence-electron chi connectivity index (χ4n) is 5.13. The van der Waals surface area contributed by atoms with Crippen molar-refractivity contribution < 1.29 is 9.59 Å². The largest absolute Gasteiger partial charge is 0.339 e. The molecule has 2 atom stereocenters. The van der Waals surface area contributed by atoms with Crippen LogP contribution in [0.4, 0.5) is 5.69 Å². The van der Waals surface area contributed by atoms with Crippen LogP contribution < -0.4 is 11.1 Å². The van der Waals surface area contributed by atoms with Gasteiger partial charge in [-0.15, -0.1) is 12.4 Å². The zero-order chi connectivity index (χ0) is 19.0. The van der Waals surface area contributed by atoms with Gasteiger partial charge >= 0.3 is 0 Å². The number of rotatable bonds is 3. The van der Waals surface area contributed by atoms with Crippen molar-refractivity contribution in [1.82, 2.24) is 4.90 Å². The minimum atomic E-state index is -0.0483. The molecule has 1 saturated heterocycles. The van der Waals surface area contributed by atoms with Crippen molar-refractivity contribution in [3.63, 3.8) is 0 Å². The van der Waals surface area contributed by atoms with Crippen LogP contribution in [0.3, 0.4) is 0 Å². The first kappa shape index (κ1) is 21.4. The lowest BCUT2D eigenvalue weighted by molar-refractivity contribution is -0.122. The van der Waals surface area contributed by atoms with E-state index in [1.807, 2.05) is 4.90 Å². The molecular weight excluding hydrogens is 397 g/mol. The van der Waals surface area contributed by atoms with Crippen molar-refractivity contribution in [3.8, 4) is 0 Å². The molecule has 2 unspecified atom stereocenters. The molecule has 2 amide bonds. The Bertz CT molecular complexity index is 722. The minimum absolute atomic E-state index is 0. The van der Waals surface area contributed by atoms with E-state index in [0.717, 1.165) is 51.6 Å². The highest BCUT2D eigenvalue weighted by molar-refractivity contribution is 6.31. The number of nitrogens with one attached hydrogen (secondary N) is 1. The second kappa shape index (κ2) is 9.02. The van der Waals surface area contributed by atoms with Gasteiger partial charge in [0.15, 0.2) is 0 Å². The Labute approximate surface area is 177 Å². The molecule has 7 heteroatoms. The standard InChI is InChI=1S/C21H28ClN3O2.ClH/c22-16-6-7-18(17(12-16)21(27)25-8-1-2-9-25)24-20(26)15-10-13-4-3-5-14(11-15)19(13)23;/h6-7,12-15,19H,1-5,8-11,23H2,(H,24,26);1H. The maximum atomic E-state index is 13.0. The lowest BCUT2D eigenvalue weighted by Gasteiger charge is -2.43. The molecule has 3 fully saturated rings. The van der Waals surface area contributed by atoms with Crippen LogP contribution in [0.2, 0.25) is 5.02 Å². The van der Waals surface area contributed by atoms with E-state index in [1.165, 1.54) is 6.42 Å². The van der Waals surface area contributed by atoms with Crippen LogP contribution in [0, 0.1) is 17.8 Å². The first-order chi connectivity index (χ1) is 13.0. The van der Waals surface area contributed by atoms with Gasteiger partial charge in [0.2, 0.25) is 5.91 Å². The Morgan fingerprint density at radius 3 is 2.36 bits per heavy atom. The number of nitrogens with zero attached hydrogens (tertiary/aromatic N) is 1. The van der Waals surface area contributed by atoms with Crippen molar-refractivity contribution in [1.29, 1.82) is 0 Å². The average Bonchev–Trinajstić information content (AvgIpc) is 3.17. The molecule has 5 nitrogen and oxygen atoms in total. The fourth-order valence-corrected chi connectivity index (χ4v) is 5.30. The molecule has 3 N–H and O–H groups in total. The topological polar surface area (TPSA) is 75.4 Å². The summed E-state index contributed by atoms with van der Waals surface area (Å²) in [7, 11) is 0. The molecule has 3 aliphatic rings. The number of hydrogen-bond donors (Lipinski definition) is 2. The second-order valence-corrected chi connectivity index (χ2v) is 8.81. The summed E-state index contributed by atoms with van der Waals surface area (Å²) in [4.78, 5) is 27.7. The van der Waals surface area contributed by atoms with Gasteiger partial charge in [0.05, 0.1) is 11.3 Å². The lowest BCUT2D eigenvalue weighted by Crippen LogP contribution is -2.48. The van der Waals surface area contributed by atoms with Gasteiger partial charge in [-0.25, -0.2) is 0 Å². The first-order valence-electron chi connectivity index (χ1n) is 10.2. The third-order valence-corrected chi connectivity index (χ3v) is 6.88. The number of fused-ring (bicyclic) bond motifs is 2. The maximum Gasteiger partial charge on any atom is 0.256 e. The summed E-state index contributed by atoms with van der Waals surface area (Å²) in [6, 6.07) is 5.39. The number of nitrogens with two attached hydrogens (primary N) is 1. The summed E-state index contributed by atoms with van der Waals surface area (Å²) in [5.74, 6) is 0.836. The average molecular weight is 426 g/mol. The first-order valence-corrected chi connectivity index (χ1v) is 10.6. The molecule has 2 saturated carbocycles. The van der Waals surface area contributed by atoms with E-state index in [-0.39, 0.29) is 36.2 Å². The molecular formula is C21H29Cl2N3O2. The number of carbonyl (C=O) groups excluding carboxylic acids is 2. The lowest BCUT2D eigenvalue weighted by atomic mass is 9.65. The Morgan fingerprint density at radius 2 is 1.71 bits per heavy atom. The molecule has 154 valence electrons. The zero-order valence-electron chi connectivity index (χ0n) is 16.0. The number of likely N-dealkylation sites (tertiary alicyclic amines) is 1. The third kappa shape index (κ3) is 4.32. The summed E-state index contributed by atoms with van der Waals surface area (Å²) >= 11 is 6.14. The van der Waals surface area contributed by atoms with Gasteiger partial charge in [-0.3, -0.25) is 9.59 Å². The normalized spacial score (nSPS) is 29.1. The molecule has 0 spiro atoms. The van der Waals surface area contributed by atoms with Crippen LogP contribution in [0.5, 0.6) is 0 Å². The van der Waals surface area contributed by atoms with Crippen LogP contribution in [0.1, 0.15) is 55.3 Å². The van der Waals surface area contributed by atoms with Gasteiger partial charge in [0.1, 0.15) is 0 Å². The smallest absolute Gasteiger partial charge is 0.256 e. The number of carbonyl (C=O) groups is 2. The Hall–Kier alpha value is -1.30. The predicted octanol–water partition coefficient (Wildman–Crippen LogP) is 4.09. The van der Waals surface area contributed by atoms with Crippen LogP contribution in [0.25, 0.3) is 0 Å². The Kier molecular flexibility index (Phi) is 6.89. The minimum Gasteiger partial charge on any atom is -0.339 e. The molecule has 1 aromatic rings. The van der Waals surface area contributed by atoms with Crippen LogP contribution in [0.15, 0.2) is 18.2 Å². The van der Waals surface area contributed by atoms with Crippen LogP contribution in [-0.4, -0.2) is 35.8 Å². The Morgan fingerprint density at radius 1 is 1.07 bits per heavy atom. The van der Waals surface area contributed by atoms with E-state index in [0.29, 0.717) is 28.1 Å². The maximum absolute atomic E-state index is 13.0. The van der Waals surface area contributed by atoms with E-state index in [4.69, 9.17) is 17.3 Å². The molecule has 4 rings (SSSR count). The molecule has 1 aromatic carbocycles. The van der Waals surface area contributed by atoms with Crippen molar-refractivity contribution in [2.45, 2.75) is 51.0 Å². The summed E-state index contributed by atoms with van der Waals surface area (Å²) in [6.45, 7) is 1.53. The Balaban J connectivity index is 0.00000225. The van der Waals surface area contributed by atoms with Gasteiger partial charge in [-0.2, -0.15) is 0 Å². The van der Waals surface area contributed by atoms with Gasteiger partial charge < -0.3 is 16.0 Å². The number of hydrogen-bond acceptors (Lipinski definition) is 3. The van der Waals surface area contributed by atoms with E-state index >= 15 is 0 Å². The monoisotopic (exact) mass is 425 g/mol. The highest BCUT2D eigenvalue weighted by Gasteiger charge is 2.40. The fraction of sp³-hybridized carbons (Fsp3) is 0.619. The van der Waals surface area contributed by atoms with Crippen molar-refractivity contribution in [2.24, 2.45) is 23.5 Å². The van der Waals surface area contributed by atoms with Crippen molar-refractivity contribution in [2.75, 3.05) is 18.4 Å². The van der Waals surface area contributed by atoms with Gasteiger partial charge in [0.25, 0.3) is 5.91 Å². The van der Waals surface area contributed by atoms with Crippen LogP contribution in [-0.2, 0) is 4.79 Å². The molecule has 1 heterocycles. The highest BCUT2D eigenvalue weighted by Crippen LogP contribution is 2.42. The quantitative estimate of drug-likeness (QED) is 0.765. The van der Waals surface area contributed by atoms with Gasteiger partial charge in [-0.1, -0.05) is 18.0 Å². The highest BCUT2D eigenvalue weighted by atomic mass is 35.5. The van der Waals surface area contributed by atoms with Crippen molar-refractivity contribution in [3.05, 3.63) is 28.8 Å². The number of anilines is 1. The number of amides is 2. The molecule has 1 aliphatic heterocycles. The zero-order valence-corrected chi connectivity index (χ0v) is 17.6. The summed E-state index contributed by atoms with van der Waals surface area (Å²) in [5.41, 5.74) is 7.41. The summed E-state index contributed by atoms with van der Waals surface area (Å²) in [5, 5.41) is 3.54. The van der Waals surface area contributed by atoms with Gasteiger partial charge in [0, 0.05) is 30.1 Å². The molecule has 2 bridgehead atoms. The predicted molar refractivity (Wildman–Crippen MR) is 114 cm³/mol. The molecule has 2 aliphatic carbocycles. The van der Waals surface area contributed by atoms with E-state index in [9.17, 15) is 9.59 Å². The van der Waals surface area contributed by atoms with E-state index in [2.05, 4.69) is 5.32 Å². The second-order valence-electron chi connectivity index (χ2n) is 8.38. The molecule has 0 radical (unpaired) electrons.